The van der Waals surface area contributed by atoms with Gasteiger partial charge in [-0.15, -0.1) is 0 Å². The third kappa shape index (κ3) is 5.72. The van der Waals surface area contributed by atoms with Crippen molar-refractivity contribution >= 4 is 5.82 Å². The fourth-order valence-corrected chi connectivity index (χ4v) is 2.04. The third-order valence-electron chi connectivity index (χ3n) is 3.28. The van der Waals surface area contributed by atoms with Gasteiger partial charge in [0.2, 0.25) is 5.82 Å². The van der Waals surface area contributed by atoms with E-state index in [0.29, 0.717) is 6.54 Å². The lowest BCUT2D eigenvalue weighted by molar-refractivity contribution is 0.442. The van der Waals surface area contributed by atoms with Crippen LogP contribution in [0.1, 0.15) is 32.2 Å². The lowest BCUT2D eigenvalue weighted by Crippen LogP contribution is -2.23. The molecular formula is C17H24N6. The highest BCUT2D eigenvalue weighted by atomic mass is 15.0. The molecule has 0 aliphatic carbocycles. The van der Waals surface area contributed by atoms with Crippen molar-refractivity contribution in [2.75, 3.05) is 18.4 Å². The largest absolute Gasteiger partial charge is 0.369 e. The first kappa shape index (κ1) is 17.0. The summed E-state index contributed by atoms with van der Waals surface area (Å²) in [7, 11) is 0. The Kier molecular flexibility index (Phi) is 5.72. The minimum Gasteiger partial charge on any atom is -0.369 e. The summed E-state index contributed by atoms with van der Waals surface area (Å²) in [6.07, 6.45) is 5.81. The van der Waals surface area contributed by atoms with E-state index < -0.39 is 0 Å². The number of nitrogens with one attached hydrogen (secondary N) is 2. The molecule has 0 saturated carbocycles. The van der Waals surface area contributed by atoms with Gasteiger partial charge < -0.3 is 15.2 Å². The number of aromatic nitrogens is 3. The van der Waals surface area contributed by atoms with Gasteiger partial charge in [0, 0.05) is 50.3 Å². The van der Waals surface area contributed by atoms with Gasteiger partial charge in [-0.3, -0.25) is 0 Å². The molecule has 0 aliphatic heterocycles. The lowest BCUT2D eigenvalue weighted by atomic mass is 9.97. The van der Waals surface area contributed by atoms with Crippen LogP contribution in [0.25, 0.3) is 0 Å². The molecule has 0 aromatic carbocycles. The molecule has 0 fully saturated rings. The second kappa shape index (κ2) is 7.75. The normalized spacial score (nSPS) is 11.2. The highest BCUT2D eigenvalue weighted by Crippen LogP contribution is 2.17. The van der Waals surface area contributed by atoms with E-state index in [4.69, 9.17) is 5.26 Å². The predicted octanol–water partition coefficient (Wildman–Crippen LogP) is 2.40. The van der Waals surface area contributed by atoms with Gasteiger partial charge in [-0.25, -0.2) is 9.97 Å². The summed E-state index contributed by atoms with van der Waals surface area (Å²) in [5.41, 5.74) is 1.11. The van der Waals surface area contributed by atoms with Crippen LogP contribution < -0.4 is 10.6 Å². The second-order valence-corrected chi connectivity index (χ2v) is 6.69. The Labute approximate surface area is 137 Å². The number of hydrogen-bond acceptors (Lipinski definition) is 5. The molecule has 0 spiro atoms. The molecular weight excluding hydrogens is 288 g/mol. The SMILES string of the molecule is CC(C)(C)CNc1nc(C#N)ncc1CNCCn1cccc1. The summed E-state index contributed by atoms with van der Waals surface area (Å²) >= 11 is 0. The summed E-state index contributed by atoms with van der Waals surface area (Å²) in [4.78, 5) is 8.37. The molecule has 2 aromatic heterocycles. The maximum Gasteiger partial charge on any atom is 0.234 e. The summed E-state index contributed by atoms with van der Waals surface area (Å²) in [5.74, 6) is 0.928. The molecule has 23 heavy (non-hydrogen) atoms. The number of anilines is 1. The lowest BCUT2D eigenvalue weighted by Gasteiger charge is -2.20. The van der Waals surface area contributed by atoms with Crippen molar-refractivity contribution in [1.82, 2.24) is 19.9 Å². The van der Waals surface area contributed by atoms with Crippen LogP contribution in [0.2, 0.25) is 0 Å². The Hall–Kier alpha value is -2.39. The minimum atomic E-state index is 0.136. The van der Waals surface area contributed by atoms with Crippen LogP contribution in [0.4, 0.5) is 5.82 Å². The zero-order valence-electron chi connectivity index (χ0n) is 14.0. The first-order valence-electron chi connectivity index (χ1n) is 7.79. The Morgan fingerprint density at radius 2 is 2.00 bits per heavy atom. The summed E-state index contributed by atoms with van der Waals surface area (Å²) in [6, 6.07) is 6.03. The van der Waals surface area contributed by atoms with Crippen LogP contribution in [-0.2, 0) is 13.1 Å². The molecule has 0 amide bonds. The van der Waals surface area contributed by atoms with E-state index in [1.165, 1.54) is 0 Å². The monoisotopic (exact) mass is 312 g/mol. The van der Waals surface area contributed by atoms with Gasteiger partial charge in [0.25, 0.3) is 0 Å². The van der Waals surface area contributed by atoms with Gasteiger partial charge in [0.1, 0.15) is 11.9 Å². The van der Waals surface area contributed by atoms with Crippen molar-refractivity contribution in [3.05, 3.63) is 42.1 Å². The van der Waals surface area contributed by atoms with Crippen LogP contribution in [-0.4, -0.2) is 27.6 Å². The fraction of sp³-hybridized carbons (Fsp3) is 0.471. The molecule has 0 saturated heterocycles. The Bertz CT molecular complexity index is 649. The third-order valence-corrected chi connectivity index (χ3v) is 3.28. The van der Waals surface area contributed by atoms with Gasteiger partial charge >= 0.3 is 0 Å². The molecule has 2 rings (SSSR count). The van der Waals surface area contributed by atoms with Crippen molar-refractivity contribution < 1.29 is 0 Å². The van der Waals surface area contributed by atoms with Crippen molar-refractivity contribution in [3.8, 4) is 6.07 Å². The molecule has 2 heterocycles. The van der Waals surface area contributed by atoms with E-state index in [2.05, 4.69) is 45.9 Å². The molecule has 0 atom stereocenters. The summed E-state index contributed by atoms with van der Waals surface area (Å²) < 4.78 is 2.13. The van der Waals surface area contributed by atoms with Gasteiger partial charge in [-0.2, -0.15) is 5.26 Å². The van der Waals surface area contributed by atoms with Gasteiger partial charge in [-0.05, 0) is 17.5 Å². The van der Waals surface area contributed by atoms with E-state index in [0.717, 1.165) is 31.0 Å². The molecule has 2 N–H and O–H groups in total. The number of hydrogen-bond donors (Lipinski definition) is 2. The average Bonchev–Trinajstić information content (AvgIpc) is 3.02. The maximum atomic E-state index is 8.98. The quantitative estimate of drug-likeness (QED) is 0.768. The Morgan fingerprint density at radius 3 is 2.65 bits per heavy atom. The number of nitrogens with zero attached hydrogens (tertiary/aromatic N) is 4. The van der Waals surface area contributed by atoms with Crippen LogP contribution >= 0.6 is 0 Å². The van der Waals surface area contributed by atoms with E-state index >= 15 is 0 Å². The van der Waals surface area contributed by atoms with Crippen molar-refractivity contribution in [2.45, 2.75) is 33.9 Å². The zero-order chi connectivity index (χ0) is 16.7. The van der Waals surface area contributed by atoms with Gasteiger partial charge in [-0.1, -0.05) is 20.8 Å². The van der Waals surface area contributed by atoms with E-state index in [1.807, 2.05) is 30.6 Å². The molecule has 2 aromatic rings. The van der Waals surface area contributed by atoms with Crippen LogP contribution in [0.5, 0.6) is 0 Å². The van der Waals surface area contributed by atoms with Crippen molar-refractivity contribution in [1.29, 1.82) is 5.26 Å². The van der Waals surface area contributed by atoms with Crippen LogP contribution in [0.15, 0.2) is 30.7 Å². The number of nitriles is 1. The second-order valence-electron chi connectivity index (χ2n) is 6.69. The summed E-state index contributed by atoms with van der Waals surface area (Å²) in [6.45, 7) is 9.68. The molecule has 6 nitrogen and oxygen atoms in total. The molecule has 0 bridgehead atoms. The molecule has 0 radical (unpaired) electrons. The maximum absolute atomic E-state index is 8.98. The predicted molar refractivity (Wildman–Crippen MR) is 90.8 cm³/mol. The highest BCUT2D eigenvalue weighted by Gasteiger charge is 2.13. The van der Waals surface area contributed by atoms with Gasteiger partial charge in [0.05, 0.1) is 0 Å². The van der Waals surface area contributed by atoms with E-state index in [1.54, 1.807) is 6.20 Å². The Balaban J connectivity index is 1.94. The topological polar surface area (TPSA) is 78.6 Å². The minimum absolute atomic E-state index is 0.136. The Morgan fingerprint density at radius 1 is 1.26 bits per heavy atom. The first-order valence-corrected chi connectivity index (χ1v) is 7.79. The summed E-state index contributed by atoms with van der Waals surface area (Å²) in [5, 5.41) is 15.7. The highest BCUT2D eigenvalue weighted by molar-refractivity contribution is 5.44. The smallest absolute Gasteiger partial charge is 0.234 e. The number of rotatable bonds is 7. The van der Waals surface area contributed by atoms with Gasteiger partial charge in [0.15, 0.2) is 0 Å². The standard InChI is InChI=1S/C17H24N6/c1-17(2,3)13-21-16-14(12-20-15(10-18)22-16)11-19-6-9-23-7-4-5-8-23/h4-5,7-8,12,19H,6,9,11,13H2,1-3H3,(H,20,21,22). The fourth-order valence-electron chi connectivity index (χ4n) is 2.04. The molecule has 0 unspecified atom stereocenters. The molecule has 6 heteroatoms. The van der Waals surface area contributed by atoms with Crippen molar-refractivity contribution in [2.24, 2.45) is 5.41 Å². The van der Waals surface area contributed by atoms with Crippen LogP contribution in [0, 0.1) is 16.7 Å². The van der Waals surface area contributed by atoms with Crippen molar-refractivity contribution in [3.63, 3.8) is 0 Å². The average molecular weight is 312 g/mol. The first-order chi connectivity index (χ1) is 11.0. The van der Waals surface area contributed by atoms with E-state index in [-0.39, 0.29) is 11.2 Å². The molecule has 0 aliphatic rings. The molecule has 122 valence electrons. The van der Waals surface area contributed by atoms with E-state index in [9.17, 15) is 0 Å². The zero-order valence-corrected chi connectivity index (χ0v) is 14.0. The van der Waals surface area contributed by atoms with Crippen LogP contribution in [0.3, 0.4) is 0 Å².